The lowest BCUT2D eigenvalue weighted by molar-refractivity contribution is -0.385. The molecule has 1 amide bonds. The average Bonchev–Trinajstić information content (AvgIpc) is 2.75. The second-order valence-electron chi connectivity index (χ2n) is 5.37. The van der Waals surface area contributed by atoms with E-state index >= 15 is 0 Å². The van der Waals surface area contributed by atoms with Crippen LogP contribution < -0.4 is 5.32 Å². The minimum Gasteiger partial charge on any atom is -0.478 e. The Hall–Kier alpha value is -2.84. The Kier molecular flexibility index (Phi) is 3.65. The molecule has 0 radical (unpaired) electrons. The molecule has 0 aromatic carbocycles. The molecule has 2 heterocycles. The van der Waals surface area contributed by atoms with Gasteiger partial charge >= 0.3 is 5.97 Å². The van der Waals surface area contributed by atoms with Gasteiger partial charge in [0.1, 0.15) is 17.4 Å². The predicted octanol–water partition coefficient (Wildman–Crippen LogP) is 0.979. The van der Waals surface area contributed by atoms with Gasteiger partial charge in [0.15, 0.2) is 5.84 Å². The van der Waals surface area contributed by atoms with E-state index in [2.05, 4.69) is 15.3 Å². The Morgan fingerprint density at radius 3 is 2.59 bits per heavy atom. The van der Waals surface area contributed by atoms with Crippen LogP contribution in [0, 0.1) is 16.0 Å². The minimum atomic E-state index is -1.39. The number of carboxylic acids is 1. The maximum Gasteiger partial charge on any atom is 0.338 e. The van der Waals surface area contributed by atoms with Gasteiger partial charge in [-0.3, -0.25) is 14.9 Å². The van der Waals surface area contributed by atoms with Gasteiger partial charge in [-0.15, -0.1) is 0 Å². The molecular formula is C13H14N4O5. The highest BCUT2D eigenvalue weighted by Crippen LogP contribution is 2.27. The molecule has 116 valence electrons. The van der Waals surface area contributed by atoms with Crippen LogP contribution in [0.2, 0.25) is 0 Å². The standard InChI is InChI=1S/C13H14N4O5/c1-6(2)13(3)12(20)15-10(16-13)9-8(11(18)19)4-7(5-14-9)17(21)22/h4-6H,1-3H3,(H,18,19)(H,15,16,20). The van der Waals surface area contributed by atoms with Crippen LogP contribution in [0.1, 0.15) is 36.8 Å². The zero-order chi connectivity index (χ0) is 16.7. The Balaban J connectivity index is 2.57. The lowest BCUT2D eigenvalue weighted by Crippen LogP contribution is -2.41. The topological polar surface area (TPSA) is 135 Å². The van der Waals surface area contributed by atoms with Gasteiger partial charge in [-0.25, -0.2) is 14.8 Å². The summed E-state index contributed by atoms with van der Waals surface area (Å²) < 4.78 is 0. The summed E-state index contributed by atoms with van der Waals surface area (Å²) >= 11 is 0. The van der Waals surface area contributed by atoms with E-state index in [0.29, 0.717) is 0 Å². The van der Waals surface area contributed by atoms with Crippen molar-refractivity contribution in [2.24, 2.45) is 10.9 Å². The van der Waals surface area contributed by atoms with Gasteiger partial charge in [0, 0.05) is 6.07 Å². The molecule has 9 heteroatoms. The fourth-order valence-electron chi connectivity index (χ4n) is 1.95. The van der Waals surface area contributed by atoms with Crippen molar-refractivity contribution in [1.82, 2.24) is 10.3 Å². The lowest BCUT2D eigenvalue weighted by Gasteiger charge is -2.21. The number of carbonyl (C=O) groups is 2. The van der Waals surface area contributed by atoms with E-state index in [1.165, 1.54) is 0 Å². The summed E-state index contributed by atoms with van der Waals surface area (Å²) in [4.78, 5) is 41.4. The van der Waals surface area contributed by atoms with Crippen molar-refractivity contribution in [3.63, 3.8) is 0 Å². The summed E-state index contributed by atoms with van der Waals surface area (Å²) in [6, 6.07) is 0.893. The van der Waals surface area contributed by atoms with Crippen LogP contribution in [0.25, 0.3) is 0 Å². The maximum atomic E-state index is 12.1. The van der Waals surface area contributed by atoms with Crippen molar-refractivity contribution < 1.29 is 19.6 Å². The smallest absolute Gasteiger partial charge is 0.338 e. The summed E-state index contributed by atoms with van der Waals surface area (Å²) in [5, 5.41) is 22.4. The number of hydrogen-bond acceptors (Lipinski definition) is 6. The summed E-state index contributed by atoms with van der Waals surface area (Å²) in [6.07, 6.45) is 0.932. The molecule has 0 spiro atoms. The largest absolute Gasteiger partial charge is 0.478 e. The first-order valence-corrected chi connectivity index (χ1v) is 6.46. The number of nitrogens with zero attached hydrogens (tertiary/aromatic N) is 3. The van der Waals surface area contributed by atoms with Crippen LogP contribution in [0.5, 0.6) is 0 Å². The van der Waals surface area contributed by atoms with Crippen LogP contribution in [-0.4, -0.2) is 38.3 Å². The number of amides is 1. The monoisotopic (exact) mass is 306 g/mol. The summed E-state index contributed by atoms with van der Waals surface area (Å²) in [5.74, 6) is -1.86. The van der Waals surface area contributed by atoms with Gasteiger partial charge < -0.3 is 10.4 Å². The molecule has 0 saturated heterocycles. The van der Waals surface area contributed by atoms with Gasteiger partial charge in [0.05, 0.1) is 10.5 Å². The third-order valence-electron chi connectivity index (χ3n) is 3.70. The first kappa shape index (κ1) is 15.5. The Bertz CT molecular complexity index is 712. The van der Waals surface area contributed by atoms with Crippen molar-refractivity contribution >= 4 is 23.4 Å². The van der Waals surface area contributed by atoms with Gasteiger partial charge in [-0.05, 0) is 12.8 Å². The highest BCUT2D eigenvalue weighted by atomic mass is 16.6. The molecular weight excluding hydrogens is 292 g/mol. The SMILES string of the molecule is CC(C)C1(C)N=C(c2ncc([N+](=O)[O-])cc2C(=O)O)NC1=O. The van der Waals surface area contributed by atoms with Gasteiger partial charge in [-0.1, -0.05) is 13.8 Å². The predicted molar refractivity (Wildman–Crippen MR) is 75.8 cm³/mol. The van der Waals surface area contributed by atoms with E-state index in [-0.39, 0.29) is 28.9 Å². The molecule has 0 fully saturated rings. The van der Waals surface area contributed by atoms with E-state index in [4.69, 9.17) is 0 Å². The van der Waals surface area contributed by atoms with Crippen molar-refractivity contribution in [2.45, 2.75) is 26.3 Å². The van der Waals surface area contributed by atoms with Crippen LogP contribution in [-0.2, 0) is 4.79 Å². The van der Waals surface area contributed by atoms with Gasteiger partial charge in [-0.2, -0.15) is 0 Å². The van der Waals surface area contributed by atoms with E-state index < -0.39 is 22.1 Å². The number of pyridine rings is 1. The van der Waals surface area contributed by atoms with Crippen LogP contribution >= 0.6 is 0 Å². The fourth-order valence-corrected chi connectivity index (χ4v) is 1.95. The molecule has 1 aromatic heterocycles. The molecule has 9 nitrogen and oxygen atoms in total. The molecule has 1 unspecified atom stereocenters. The van der Waals surface area contributed by atoms with Crippen LogP contribution in [0.3, 0.4) is 0 Å². The third-order valence-corrected chi connectivity index (χ3v) is 3.70. The Morgan fingerprint density at radius 2 is 2.14 bits per heavy atom. The quantitative estimate of drug-likeness (QED) is 0.628. The molecule has 1 atom stereocenters. The highest BCUT2D eigenvalue weighted by Gasteiger charge is 2.43. The Morgan fingerprint density at radius 1 is 1.50 bits per heavy atom. The fraction of sp³-hybridized carbons (Fsp3) is 0.385. The van der Waals surface area contributed by atoms with Gasteiger partial charge in [0.2, 0.25) is 0 Å². The van der Waals surface area contributed by atoms with E-state index in [1.54, 1.807) is 6.92 Å². The molecule has 22 heavy (non-hydrogen) atoms. The molecule has 0 aliphatic carbocycles. The maximum absolute atomic E-state index is 12.1. The zero-order valence-electron chi connectivity index (χ0n) is 12.2. The molecule has 2 rings (SSSR count). The molecule has 1 aliphatic heterocycles. The Labute approximate surface area is 125 Å². The number of aliphatic imine (C=N–C) groups is 1. The number of rotatable bonds is 4. The van der Waals surface area contributed by atoms with Crippen molar-refractivity contribution in [3.8, 4) is 0 Å². The van der Waals surface area contributed by atoms with Gasteiger partial charge in [0.25, 0.3) is 11.6 Å². The average molecular weight is 306 g/mol. The lowest BCUT2D eigenvalue weighted by atomic mass is 9.89. The third kappa shape index (κ3) is 2.41. The number of amidine groups is 1. The van der Waals surface area contributed by atoms with E-state index in [0.717, 1.165) is 12.3 Å². The second kappa shape index (κ2) is 5.17. The number of aromatic nitrogens is 1. The second-order valence-corrected chi connectivity index (χ2v) is 5.37. The number of nitrogens with one attached hydrogen (secondary N) is 1. The van der Waals surface area contributed by atoms with E-state index in [1.807, 2.05) is 13.8 Å². The summed E-state index contributed by atoms with van der Waals surface area (Å²) in [5.41, 5.74) is -1.97. The highest BCUT2D eigenvalue weighted by molar-refractivity contribution is 6.17. The molecule has 1 aliphatic rings. The van der Waals surface area contributed by atoms with Crippen LogP contribution in [0.15, 0.2) is 17.3 Å². The first-order valence-electron chi connectivity index (χ1n) is 6.46. The number of hydrogen-bond donors (Lipinski definition) is 2. The van der Waals surface area contributed by atoms with Crippen molar-refractivity contribution in [3.05, 3.63) is 33.6 Å². The molecule has 2 N–H and O–H groups in total. The zero-order valence-corrected chi connectivity index (χ0v) is 12.2. The molecule has 0 saturated carbocycles. The number of carbonyl (C=O) groups excluding carboxylic acids is 1. The molecule has 0 bridgehead atoms. The number of nitro groups is 1. The summed E-state index contributed by atoms with van der Waals surface area (Å²) in [7, 11) is 0. The van der Waals surface area contributed by atoms with Crippen LogP contribution in [0.4, 0.5) is 5.69 Å². The minimum absolute atomic E-state index is 0.00787. The summed E-state index contributed by atoms with van der Waals surface area (Å²) in [6.45, 7) is 5.26. The number of aromatic carboxylic acids is 1. The number of carboxylic acid groups (broad SMARTS) is 1. The van der Waals surface area contributed by atoms with Crippen molar-refractivity contribution in [2.75, 3.05) is 0 Å². The van der Waals surface area contributed by atoms with E-state index in [9.17, 15) is 24.8 Å². The normalized spacial score (nSPS) is 20.7. The first-order chi connectivity index (χ1) is 10.2. The molecule has 1 aromatic rings. The van der Waals surface area contributed by atoms with Crippen molar-refractivity contribution in [1.29, 1.82) is 0 Å².